The van der Waals surface area contributed by atoms with Gasteiger partial charge in [0.2, 0.25) is 0 Å². The van der Waals surface area contributed by atoms with Crippen molar-refractivity contribution in [3.8, 4) is 0 Å². The minimum Gasteiger partial charge on any atom is -0.458 e. The fraction of sp³-hybridized carbons (Fsp3) is 0.625. The van der Waals surface area contributed by atoms with Gasteiger partial charge < -0.3 is 14.9 Å². The van der Waals surface area contributed by atoms with Crippen molar-refractivity contribution in [2.75, 3.05) is 13.2 Å². The molecule has 33 heavy (non-hydrogen) atoms. The summed E-state index contributed by atoms with van der Waals surface area (Å²) in [6.07, 6.45) is 5.95. The van der Waals surface area contributed by atoms with Crippen LogP contribution in [-0.2, 0) is 9.53 Å². The monoisotopic (exact) mass is 570 g/mol. The molecule has 9 heteroatoms. The first-order chi connectivity index (χ1) is 15.5. The van der Waals surface area contributed by atoms with Gasteiger partial charge in [0.05, 0.1) is 27.9 Å². The van der Waals surface area contributed by atoms with E-state index in [0.29, 0.717) is 22.0 Å². The molecule has 8 nitrogen and oxygen atoms in total. The topological polar surface area (TPSA) is 122 Å². The lowest BCUT2D eigenvalue weighted by Gasteiger charge is -2.60. The summed E-state index contributed by atoms with van der Waals surface area (Å²) in [6, 6.07) is -0.623. The van der Waals surface area contributed by atoms with Crippen LogP contribution in [0.2, 0.25) is 0 Å². The van der Waals surface area contributed by atoms with E-state index in [4.69, 9.17) is 4.74 Å². The van der Waals surface area contributed by atoms with Crippen molar-refractivity contribution in [1.82, 2.24) is 9.55 Å². The molecule has 3 unspecified atom stereocenters. The van der Waals surface area contributed by atoms with Crippen molar-refractivity contribution in [1.29, 1.82) is 0 Å². The zero-order valence-electron chi connectivity index (χ0n) is 19.0. The molecule has 1 aliphatic heterocycles. The largest absolute Gasteiger partial charge is 0.458 e. The van der Waals surface area contributed by atoms with Gasteiger partial charge in [-0.25, -0.2) is 9.59 Å². The maximum atomic E-state index is 12.8. The Balaban J connectivity index is 1.79. The van der Waals surface area contributed by atoms with E-state index in [-0.39, 0.29) is 30.5 Å². The molecule has 0 radical (unpaired) electrons. The number of cyclic esters (lactones) is 1. The fourth-order valence-corrected chi connectivity index (χ4v) is 7.02. The first-order valence-electron chi connectivity index (χ1n) is 11.4. The molecule has 0 bridgehead atoms. The van der Waals surface area contributed by atoms with E-state index < -0.39 is 34.8 Å². The SMILES string of the molecule is C=C1CCC2[C@](C)(CO)C(O)CC[C@]2(C)[C@H]1CC(C1=CCOC1=O)n1cc(I)c(=O)[nH]c1=O. The highest BCUT2D eigenvalue weighted by Gasteiger charge is 2.58. The number of ether oxygens (including phenoxy) is 1. The Morgan fingerprint density at radius 2 is 2.06 bits per heavy atom. The summed E-state index contributed by atoms with van der Waals surface area (Å²) in [5, 5.41) is 21.0. The second kappa shape index (κ2) is 8.81. The van der Waals surface area contributed by atoms with E-state index in [9.17, 15) is 24.6 Å². The number of halogens is 1. The van der Waals surface area contributed by atoms with Crippen LogP contribution in [0.3, 0.4) is 0 Å². The van der Waals surface area contributed by atoms with Crippen LogP contribution in [0.5, 0.6) is 0 Å². The third-order valence-corrected chi connectivity index (χ3v) is 9.29. The minimum atomic E-state index is -0.628. The number of esters is 1. The number of allylic oxidation sites excluding steroid dienone is 1. The lowest BCUT2D eigenvalue weighted by atomic mass is 9.46. The lowest BCUT2D eigenvalue weighted by molar-refractivity contribution is -0.153. The molecule has 3 aliphatic rings. The van der Waals surface area contributed by atoms with Gasteiger partial charge in [-0.1, -0.05) is 26.0 Å². The first kappa shape index (κ1) is 24.4. The summed E-state index contributed by atoms with van der Waals surface area (Å²) < 4.78 is 6.94. The number of aliphatic hydroxyl groups is 2. The summed E-state index contributed by atoms with van der Waals surface area (Å²) in [4.78, 5) is 39.7. The maximum Gasteiger partial charge on any atom is 0.336 e. The van der Waals surface area contributed by atoms with Crippen LogP contribution >= 0.6 is 22.6 Å². The van der Waals surface area contributed by atoms with Crippen LogP contribution < -0.4 is 11.2 Å². The molecule has 4 rings (SSSR count). The average molecular weight is 570 g/mol. The number of H-pyrrole nitrogens is 1. The highest BCUT2D eigenvalue weighted by atomic mass is 127. The third kappa shape index (κ3) is 3.95. The molecule has 180 valence electrons. The molecule has 2 fully saturated rings. The van der Waals surface area contributed by atoms with E-state index in [1.807, 2.05) is 29.5 Å². The van der Waals surface area contributed by atoms with E-state index in [1.54, 1.807) is 6.08 Å². The lowest BCUT2D eigenvalue weighted by Crippen LogP contribution is -2.57. The molecule has 0 amide bonds. The number of hydrogen-bond donors (Lipinski definition) is 3. The first-order valence-corrected chi connectivity index (χ1v) is 12.5. The number of carbonyl (C=O) groups excluding carboxylic acids is 1. The van der Waals surface area contributed by atoms with Crippen LogP contribution in [0.15, 0.2) is 39.6 Å². The molecule has 0 saturated heterocycles. The zero-order valence-corrected chi connectivity index (χ0v) is 21.1. The Labute approximate surface area is 205 Å². The van der Waals surface area contributed by atoms with Crippen LogP contribution in [0, 0.1) is 26.2 Å². The molecular formula is C24H31IN2O6. The summed E-state index contributed by atoms with van der Waals surface area (Å²) in [5.74, 6) is -0.451. The van der Waals surface area contributed by atoms with Gasteiger partial charge in [-0.3, -0.25) is 14.3 Å². The Hall–Kier alpha value is -1.72. The number of aromatic nitrogens is 2. The number of fused-ring (bicyclic) bond motifs is 1. The number of rotatable bonds is 5. The van der Waals surface area contributed by atoms with Crippen molar-refractivity contribution in [3.05, 3.63) is 54.4 Å². The number of carbonyl (C=O) groups is 1. The highest BCUT2D eigenvalue weighted by molar-refractivity contribution is 14.1. The van der Waals surface area contributed by atoms with E-state index >= 15 is 0 Å². The second-order valence-corrected chi connectivity index (χ2v) is 11.3. The summed E-state index contributed by atoms with van der Waals surface area (Å²) >= 11 is 1.88. The van der Waals surface area contributed by atoms with Crippen molar-refractivity contribution in [2.24, 2.45) is 22.7 Å². The van der Waals surface area contributed by atoms with E-state index in [2.05, 4.69) is 18.5 Å². The number of aromatic amines is 1. The zero-order chi connectivity index (χ0) is 24.1. The van der Waals surface area contributed by atoms with Crippen molar-refractivity contribution >= 4 is 28.6 Å². The number of hydrogen-bond acceptors (Lipinski definition) is 6. The molecule has 2 heterocycles. The normalized spacial score (nSPS) is 35.1. The molecular weight excluding hydrogens is 539 g/mol. The van der Waals surface area contributed by atoms with Gasteiger partial charge in [0.15, 0.2) is 0 Å². The molecule has 1 aromatic rings. The minimum absolute atomic E-state index is 0.0505. The third-order valence-electron chi connectivity index (χ3n) is 8.52. The van der Waals surface area contributed by atoms with Crippen LogP contribution in [-0.4, -0.2) is 45.1 Å². The van der Waals surface area contributed by atoms with Gasteiger partial charge in [0.1, 0.15) is 6.61 Å². The van der Waals surface area contributed by atoms with Crippen LogP contribution in [0.4, 0.5) is 0 Å². The Morgan fingerprint density at radius 3 is 2.70 bits per heavy atom. The predicted molar refractivity (Wildman–Crippen MR) is 131 cm³/mol. The Morgan fingerprint density at radius 1 is 1.33 bits per heavy atom. The summed E-state index contributed by atoms with van der Waals surface area (Å²) in [5.41, 5.74) is -0.487. The Bertz CT molecular complexity index is 1120. The molecule has 2 saturated carbocycles. The van der Waals surface area contributed by atoms with Crippen LogP contribution in [0.1, 0.15) is 52.0 Å². The van der Waals surface area contributed by atoms with Gasteiger partial charge in [-0.15, -0.1) is 0 Å². The Kier molecular flexibility index (Phi) is 6.52. The van der Waals surface area contributed by atoms with E-state index in [1.165, 1.54) is 10.8 Å². The average Bonchev–Trinajstić information content (AvgIpc) is 3.19. The molecule has 2 aliphatic carbocycles. The molecule has 0 spiro atoms. The van der Waals surface area contributed by atoms with Gasteiger partial charge in [0, 0.05) is 11.6 Å². The standard InChI is InChI=1S/C24H31IN2O6/c1-13-4-5-18-23(2,8-6-19(29)24(18,3)12-28)15(13)10-17(14-7-9-33-21(14)31)27-11-16(25)20(30)26-22(27)32/h7,11,15,17-19,28-29H,1,4-6,8-10,12H2,2-3H3,(H,26,30,32)/t15-,17?,18?,19?,23+,24-/m0/s1. The number of nitrogens with one attached hydrogen (secondary N) is 1. The second-order valence-electron chi connectivity index (χ2n) is 10.2. The summed E-state index contributed by atoms with van der Waals surface area (Å²) in [7, 11) is 0. The van der Waals surface area contributed by atoms with Gasteiger partial charge in [-0.2, -0.15) is 0 Å². The number of aliphatic hydroxyl groups excluding tert-OH is 2. The smallest absolute Gasteiger partial charge is 0.336 e. The van der Waals surface area contributed by atoms with Crippen molar-refractivity contribution < 1.29 is 19.7 Å². The summed E-state index contributed by atoms with van der Waals surface area (Å²) in [6.45, 7) is 8.55. The predicted octanol–water partition coefficient (Wildman–Crippen LogP) is 2.30. The molecule has 1 aromatic heterocycles. The van der Waals surface area contributed by atoms with Gasteiger partial charge in [0.25, 0.3) is 5.56 Å². The van der Waals surface area contributed by atoms with E-state index in [0.717, 1.165) is 24.8 Å². The maximum absolute atomic E-state index is 12.8. The number of nitrogens with zero attached hydrogens (tertiary/aromatic N) is 1. The fourth-order valence-electron chi connectivity index (χ4n) is 6.59. The van der Waals surface area contributed by atoms with Gasteiger partial charge in [-0.05, 0) is 78.0 Å². The van der Waals surface area contributed by atoms with Gasteiger partial charge >= 0.3 is 11.7 Å². The van der Waals surface area contributed by atoms with Crippen molar-refractivity contribution in [3.63, 3.8) is 0 Å². The quantitative estimate of drug-likeness (QED) is 0.284. The molecule has 6 atom stereocenters. The molecule has 3 N–H and O–H groups in total. The van der Waals surface area contributed by atoms with Crippen molar-refractivity contribution in [2.45, 2.75) is 58.1 Å². The van der Waals surface area contributed by atoms with Crippen LogP contribution in [0.25, 0.3) is 0 Å². The molecule has 0 aromatic carbocycles. The highest BCUT2D eigenvalue weighted by Crippen LogP contribution is 2.62.